The second kappa shape index (κ2) is 5.98. The maximum atomic E-state index is 7.11. The van der Waals surface area contributed by atoms with Crippen LogP contribution < -0.4 is 5.73 Å². The van der Waals surface area contributed by atoms with Crippen LogP contribution in [-0.2, 0) is 9.47 Å². The van der Waals surface area contributed by atoms with E-state index in [1.165, 1.54) is 12.8 Å². The van der Waals surface area contributed by atoms with Crippen molar-refractivity contribution in [3.8, 4) is 0 Å². The van der Waals surface area contributed by atoms with Gasteiger partial charge in [-0.15, -0.1) is 0 Å². The van der Waals surface area contributed by atoms with E-state index in [4.69, 9.17) is 20.6 Å². The van der Waals surface area contributed by atoms with Crippen molar-refractivity contribution in [2.24, 2.45) is 5.73 Å². The molecule has 1 aliphatic heterocycles. The topological polar surface area (TPSA) is 68.3 Å². The summed E-state index contributed by atoms with van der Waals surface area (Å²) in [5.74, 6) is 0.182. The third-order valence-corrected chi connectivity index (χ3v) is 2.35. The van der Waals surface area contributed by atoms with Crippen LogP contribution in [0, 0.1) is 5.41 Å². The van der Waals surface area contributed by atoms with Gasteiger partial charge in [0.2, 0.25) is 0 Å². The first-order chi connectivity index (χ1) is 6.68. The van der Waals surface area contributed by atoms with Gasteiger partial charge in [0, 0.05) is 13.0 Å². The summed E-state index contributed by atoms with van der Waals surface area (Å²) in [5, 5.41) is 7.11. The van der Waals surface area contributed by atoms with Crippen LogP contribution in [0.4, 0.5) is 0 Å². The van der Waals surface area contributed by atoms with E-state index in [0.717, 1.165) is 13.0 Å². The highest BCUT2D eigenvalue weighted by Gasteiger charge is 2.15. The lowest BCUT2D eigenvalue weighted by Gasteiger charge is -2.24. The van der Waals surface area contributed by atoms with Crippen molar-refractivity contribution in [2.75, 3.05) is 13.2 Å². The first-order valence-corrected chi connectivity index (χ1v) is 5.24. The van der Waals surface area contributed by atoms with Crippen molar-refractivity contribution in [3.63, 3.8) is 0 Å². The molecule has 4 heteroatoms. The number of ether oxygens (including phenoxy) is 2. The van der Waals surface area contributed by atoms with Gasteiger partial charge in [0.15, 0.2) is 0 Å². The van der Waals surface area contributed by atoms with Crippen LogP contribution in [-0.4, -0.2) is 31.3 Å². The Morgan fingerprint density at radius 2 is 2.43 bits per heavy atom. The minimum Gasteiger partial charge on any atom is -0.388 e. The molecule has 1 rings (SSSR count). The highest BCUT2D eigenvalue weighted by Crippen LogP contribution is 2.13. The molecule has 1 saturated heterocycles. The summed E-state index contributed by atoms with van der Waals surface area (Å²) in [6, 6.07) is 0. The molecule has 1 aliphatic rings. The lowest BCUT2D eigenvalue weighted by molar-refractivity contribution is -0.0575. The minimum atomic E-state index is 0.0260. The van der Waals surface area contributed by atoms with Crippen LogP contribution in [0.2, 0.25) is 0 Å². The van der Waals surface area contributed by atoms with E-state index in [2.05, 4.69) is 0 Å². The third kappa shape index (κ3) is 4.58. The van der Waals surface area contributed by atoms with Crippen molar-refractivity contribution in [3.05, 3.63) is 0 Å². The molecular formula is C10H20N2O2. The van der Waals surface area contributed by atoms with Gasteiger partial charge in [-0.05, 0) is 26.2 Å². The maximum absolute atomic E-state index is 7.11. The van der Waals surface area contributed by atoms with Gasteiger partial charge < -0.3 is 15.2 Å². The number of rotatable bonds is 5. The Kier molecular flexibility index (Phi) is 4.90. The molecular weight excluding hydrogens is 180 g/mol. The second-order valence-electron chi connectivity index (χ2n) is 3.86. The van der Waals surface area contributed by atoms with Crippen molar-refractivity contribution in [1.82, 2.24) is 0 Å². The van der Waals surface area contributed by atoms with Crippen molar-refractivity contribution in [1.29, 1.82) is 5.41 Å². The first kappa shape index (κ1) is 11.5. The standard InChI is InChI=1S/C10H20N2O2/c1-8(6-10(11)12)14-7-9-4-2-3-5-13-9/h8-9H,2-7H2,1H3,(H3,11,12). The smallest absolute Gasteiger partial charge is 0.0931 e. The fraction of sp³-hybridized carbons (Fsp3) is 0.900. The second-order valence-corrected chi connectivity index (χ2v) is 3.86. The summed E-state index contributed by atoms with van der Waals surface area (Å²) < 4.78 is 11.1. The maximum Gasteiger partial charge on any atom is 0.0931 e. The number of hydrogen-bond donors (Lipinski definition) is 2. The summed E-state index contributed by atoms with van der Waals surface area (Å²) in [5.41, 5.74) is 5.27. The summed E-state index contributed by atoms with van der Waals surface area (Å²) in [7, 11) is 0. The van der Waals surface area contributed by atoms with Gasteiger partial charge in [-0.3, -0.25) is 5.41 Å². The normalized spacial score (nSPS) is 24.5. The molecule has 0 bridgehead atoms. The molecule has 1 heterocycles. The molecule has 2 atom stereocenters. The summed E-state index contributed by atoms with van der Waals surface area (Å²) >= 11 is 0. The average molecular weight is 200 g/mol. The molecule has 14 heavy (non-hydrogen) atoms. The van der Waals surface area contributed by atoms with E-state index >= 15 is 0 Å². The first-order valence-electron chi connectivity index (χ1n) is 5.24. The van der Waals surface area contributed by atoms with Gasteiger partial charge in [0.05, 0.1) is 24.7 Å². The van der Waals surface area contributed by atoms with E-state index < -0.39 is 0 Å². The molecule has 82 valence electrons. The third-order valence-electron chi connectivity index (χ3n) is 2.35. The van der Waals surface area contributed by atoms with Gasteiger partial charge >= 0.3 is 0 Å². The molecule has 0 aromatic carbocycles. The molecule has 0 spiro atoms. The Bertz CT molecular complexity index is 179. The zero-order chi connectivity index (χ0) is 10.4. The Morgan fingerprint density at radius 1 is 1.64 bits per heavy atom. The van der Waals surface area contributed by atoms with E-state index in [0.29, 0.717) is 13.0 Å². The Balaban J connectivity index is 2.09. The molecule has 0 aromatic rings. The van der Waals surface area contributed by atoms with Gasteiger partial charge in [0.25, 0.3) is 0 Å². The van der Waals surface area contributed by atoms with E-state index in [-0.39, 0.29) is 18.0 Å². The monoisotopic (exact) mass is 200 g/mol. The van der Waals surface area contributed by atoms with Crippen molar-refractivity contribution < 1.29 is 9.47 Å². The lowest BCUT2D eigenvalue weighted by Crippen LogP contribution is -2.28. The van der Waals surface area contributed by atoms with E-state index in [1.54, 1.807) is 0 Å². The predicted molar refractivity (Wildman–Crippen MR) is 55.5 cm³/mol. The zero-order valence-corrected chi connectivity index (χ0v) is 8.79. The van der Waals surface area contributed by atoms with Crippen molar-refractivity contribution in [2.45, 2.75) is 44.8 Å². The fourth-order valence-corrected chi connectivity index (χ4v) is 1.58. The van der Waals surface area contributed by atoms with Gasteiger partial charge in [0.1, 0.15) is 0 Å². The van der Waals surface area contributed by atoms with Crippen LogP contribution in [0.5, 0.6) is 0 Å². The van der Waals surface area contributed by atoms with Crippen LogP contribution in [0.1, 0.15) is 32.6 Å². The number of nitrogens with one attached hydrogen (secondary N) is 1. The zero-order valence-electron chi connectivity index (χ0n) is 8.79. The molecule has 0 saturated carbocycles. The molecule has 3 N–H and O–H groups in total. The quantitative estimate of drug-likeness (QED) is 0.519. The van der Waals surface area contributed by atoms with Crippen LogP contribution in [0.25, 0.3) is 0 Å². The Hall–Kier alpha value is -0.610. The SMILES string of the molecule is CC(CC(=N)N)OCC1CCCCO1. The van der Waals surface area contributed by atoms with E-state index in [9.17, 15) is 0 Å². The minimum absolute atomic E-state index is 0.0260. The van der Waals surface area contributed by atoms with Crippen molar-refractivity contribution >= 4 is 5.84 Å². The highest BCUT2D eigenvalue weighted by molar-refractivity contribution is 5.77. The number of hydrogen-bond acceptors (Lipinski definition) is 3. The van der Waals surface area contributed by atoms with Crippen LogP contribution in [0.15, 0.2) is 0 Å². The van der Waals surface area contributed by atoms with Crippen LogP contribution in [0.3, 0.4) is 0 Å². The molecule has 0 radical (unpaired) electrons. The summed E-state index contributed by atoms with van der Waals surface area (Å²) in [6.45, 7) is 3.42. The number of amidine groups is 1. The highest BCUT2D eigenvalue weighted by atomic mass is 16.5. The Morgan fingerprint density at radius 3 is 3.00 bits per heavy atom. The molecule has 0 aliphatic carbocycles. The van der Waals surface area contributed by atoms with Crippen LogP contribution >= 0.6 is 0 Å². The van der Waals surface area contributed by atoms with E-state index in [1.807, 2.05) is 6.92 Å². The largest absolute Gasteiger partial charge is 0.388 e. The van der Waals surface area contributed by atoms with Gasteiger partial charge in [-0.2, -0.15) is 0 Å². The van der Waals surface area contributed by atoms with Gasteiger partial charge in [-0.25, -0.2) is 0 Å². The Labute approximate surface area is 85.3 Å². The van der Waals surface area contributed by atoms with Gasteiger partial charge in [-0.1, -0.05) is 0 Å². The molecule has 1 fully saturated rings. The molecule has 0 aromatic heterocycles. The molecule has 2 unspecified atom stereocenters. The molecule has 4 nitrogen and oxygen atoms in total. The number of nitrogens with two attached hydrogens (primary N) is 1. The average Bonchev–Trinajstić information content (AvgIpc) is 2.15. The summed E-state index contributed by atoms with van der Waals surface area (Å²) in [6.07, 6.45) is 4.27. The molecule has 0 amide bonds. The lowest BCUT2D eigenvalue weighted by atomic mass is 10.1. The summed E-state index contributed by atoms with van der Waals surface area (Å²) in [4.78, 5) is 0. The fourth-order valence-electron chi connectivity index (χ4n) is 1.58. The predicted octanol–water partition coefficient (Wildman–Crippen LogP) is 1.29.